The molecular weight excluding hydrogens is 1290 g/mol. The number of thiazole rings is 6. The molecule has 31 heteroatoms. The SMILES string of the molecule is CNC(=O)C[C@@H]1NC(=O)c2csc(n2)-c2ccc(-c3nc(N(CCCCC(=O)O)C(=O)C4CCC(C(=O)O)CC4)cs3)nc2-c2csc(n2)-c2csc(n2)[C@H]([C@@H](O)c2ccccc2)NC(=O)CNC(=O)c2nc(sc2COC)[C@H](C(C)C)NC(=O)c2nc1sc2C. The molecule has 1 aliphatic heterocycles. The van der Waals surface area contributed by atoms with E-state index in [0.717, 1.165) is 34.0 Å². The minimum absolute atomic E-state index is 0.00122. The van der Waals surface area contributed by atoms with Gasteiger partial charge in [-0.2, -0.15) is 0 Å². The average Bonchev–Trinajstić information content (AvgIpc) is 1.87. The molecule has 0 radical (unpaired) electrons. The number of anilines is 1. The van der Waals surface area contributed by atoms with Crippen molar-refractivity contribution < 1.29 is 58.4 Å². The maximum Gasteiger partial charge on any atom is 0.306 e. The van der Waals surface area contributed by atoms with E-state index in [0.29, 0.717) is 113 Å². The molecule has 1 fully saturated rings. The number of carboxylic acid groups (broad SMARTS) is 2. The summed E-state index contributed by atoms with van der Waals surface area (Å²) in [5, 5.41) is 54.1. The molecule has 7 aromatic heterocycles. The predicted octanol–water partition coefficient (Wildman–Crippen LogP) is 8.79. The number of rotatable bonds is 16. The van der Waals surface area contributed by atoms with Crippen molar-refractivity contribution in [2.45, 2.75) is 103 Å². The lowest BCUT2D eigenvalue weighted by Gasteiger charge is -2.30. The quantitative estimate of drug-likeness (QED) is 0.0419. The van der Waals surface area contributed by atoms with Crippen LogP contribution in [0.15, 0.2) is 64.0 Å². The number of fused-ring (bicyclic) bond motifs is 14. The second kappa shape index (κ2) is 29.4. The highest BCUT2D eigenvalue weighted by atomic mass is 32.1. The van der Waals surface area contributed by atoms with Gasteiger partial charge in [0.15, 0.2) is 0 Å². The second-order valence-corrected chi connectivity index (χ2v) is 27.7. The van der Waals surface area contributed by atoms with E-state index in [1.54, 1.807) is 75.8 Å². The molecule has 91 heavy (non-hydrogen) atoms. The number of hydrogen-bond donors (Lipinski definition) is 8. The standard InChI is InChI=1S/C60H63N13O12S6/c1-28(2)44-58-72-47(39(91-58)23-85-5)51(80)62-22-42(75)69-48(49(78)30-11-7-6-8-12-30)57-67-38(26-88-57)55-65-36(24-87-55)46-33(53-66-37(25-86-53)50(79)64-35(21-41(74)61-4)56-71-45(29(3)90-56)52(81)70-44)18-19-34(63-46)54-68-40(27-89-54)73(20-10-9-13-43(76)77)59(82)31-14-16-32(17-15-31)60(83)84/h6-8,11-12,18-19,24-28,31-32,35,44,48-49,78H,9-10,13-17,20-23H2,1-5H3,(H,61,74)(H,62,80)(H,64,79)(H,69,75)(H,70,81)(H,76,77)(H,83,84)/t31?,32?,35-,44-,48-,49-/m0/s1. The number of aliphatic hydroxyl groups is 1. The Morgan fingerprint density at radius 2 is 1.37 bits per heavy atom. The van der Waals surface area contributed by atoms with Crippen molar-refractivity contribution in [2.75, 3.05) is 32.1 Å². The Labute approximate surface area is 545 Å². The van der Waals surface area contributed by atoms with Crippen LogP contribution in [-0.2, 0) is 35.3 Å². The molecule has 1 aromatic carbocycles. The van der Waals surface area contributed by atoms with Gasteiger partial charge in [0.2, 0.25) is 17.7 Å². The lowest BCUT2D eigenvalue weighted by Crippen LogP contribution is -2.40. The van der Waals surface area contributed by atoms with Gasteiger partial charge in [-0.25, -0.2) is 34.9 Å². The van der Waals surface area contributed by atoms with Gasteiger partial charge in [-0.15, -0.1) is 68.0 Å². The fourth-order valence-corrected chi connectivity index (χ4v) is 15.9. The zero-order valence-corrected chi connectivity index (χ0v) is 54.6. The molecule has 0 saturated heterocycles. The third kappa shape index (κ3) is 15.4. The first-order valence-electron chi connectivity index (χ1n) is 29.0. The Balaban J connectivity index is 1.04. The van der Waals surface area contributed by atoms with E-state index < -0.39 is 84.1 Å². The summed E-state index contributed by atoms with van der Waals surface area (Å²) in [5.41, 5.74) is 2.46. The van der Waals surface area contributed by atoms with Crippen LogP contribution < -0.4 is 31.5 Å². The summed E-state index contributed by atoms with van der Waals surface area (Å²) in [4.78, 5) is 144. The zero-order valence-electron chi connectivity index (χ0n) is 49.7. The highest BCUT2D eigenvalue weighted by molar-refractivity contribution is 7.15. The number of aliphatic hydroxyl groups excluding tert-OH is 1. The average molecular weight is 1350 g/mol. The van der Waals surface area contributed by atoms with Crippen molar-refractivity contribution in [2.24, 2.45) is 17.8 Å². The van der Waals surface area contributed by atoms with Gasteiger partial charge in [0.25, 0.3) is 17.7 Å². The number of nitrogens with one attached hydrogen (secondary N) is 5. The third-order valence-electron chi connectivity index (χ3n) is 15.2. The number of unbranched alkanes of at least 4 members (excludes halogenated alkanes) is 1. The first-order chi connectivity index (χ1) is 43.8. The molecule has 8 aromatic rings. The van der Waals surface area contributed by atoms with Crippen molar-refractivity contribution in [3.05, 3.63) is 111 Å². The number of amides is 6. The predicted molar refractivity (Wildman–Crippen MR) is 344 cm³/mol. The number of benzene rings is 1. The lowest BCUT2D eigenvalue weighted by atomic mass is 9.81. The first-order valence-corrected chi connectivity index (χ1v) is 34.1. The number of hydrogen-bond acceptors (Lipinski definition) is 23. The van der Waals surface area contributed by atoms with Crippen LogP contribution in [-0.4, -0.2) is 125 Å². The second-order valence-electron chi connectivity index (χ2n) is 21.9. The minimum atomic E-state index is -1.30. The van der Waals surface area contributed by atoms with Crippen LogP contribution in [0.2, 0.25) is 0 Å². The van der Waals surface area contributed by atoms with Gasteiger partial charge < -0.3 is 46.6 Å². The number of carbonyl (C=O) groups excluding carboxylic acids is 6. The third-order valence-corrected chi connectivity index (χ3v) is 20.9. The fourth-order valence-electron chi connectivity index (χ4n) is 10.4. The monoisotopic (exact) mass is 1350 g/mol. The van der Waals surface area contributed by atoms with Crippen molar-refractivity contribution in [1.82, 2.24) is 61.5 Å². The topological polar surface area (TPSA) is 360 Å². The van der Waals surface area contributed by atoms with Crippen molar-refractivity contribution in [1.29, 1.82) is 0 Å². The molecule has 10 bridgehead atoms. The summed E-state index contributed by atoms with van der Waals surface area (Å²) in [7, 11) is 2.92. The van der Waals surface area contributed by atoms with Crippen LogP contribution in [0.25, 0.3) is 43.4 Å². The normalized spacial score (nSPS) is 18.5. The van der Waals surface area contributed by atoms with E-state index in [2.05, 4.69) is 26.6 Å². The molecule has 8 N–H and O–H groups in total. The number of aryl methyl sites for hydroxylation is 1. The van der Waals surface area contributed by atoms with Gasteiger partial charge in [-0.1, -0.05) is 44.2 Å². The van der Waals surface area contributed by atoms with Crippen molar-refractivity contribution in [3.8, 4) is 43.4 Å². The first kappa shape index (κ1) is 65.8. The summed E-state index contributed by atoms with van der Waals surface area (Å²) in [5.74, 6) is -5.98. The Hall–Kier alpha value is -8.17. The summed E-state index contributed by atoms with van der Waals surface area (Å²) >= 11 is 7.08. The lowest BCUT2D eigenvalue weighted by molar-refractivity contribution is -0.144. The highest BCUT2D eigenvalue weighted by Crippen LogP contribution is 2.41. The van der Waals surface area contributed by atoms with E-state index >= 15 is 0 Å². The van der Waals surface area contributed by atoms with Gasteiger partial charge >= 0.3 is 11.9 Å². The number of nitrogens with zero attached hydrogens (tertiary/aromatic N) is 8. The summed E-state index contributed by atoms with van der Waals surface area (Å²) in [6.45, 7) is 5.09. The van der Waals surface area contributed by atoms with Crippen LogP contribution in [0.1, 0.15) is 151 Å². The number of carboxylic acids is 2. The number of ether oxygens (including phenoxy) is 1. The summed E-state index contributed by atoms with van der Waals surface area (Å²) in [6.07, 6.45) is 0.518. The Kier molecular flexibility index (Phi) is 21.3. The van der Waals surface area contributed by atoms with Crippen LogP contribution in [0.5, 0.6) is 0 Å². The Morgan fingerprint density at radius 1 is 0.681 bits per heavy atom. The molecule has 476 valence electrons. The molecule has 4 atom stereocenters. The van der Waals surface area contributed by atoms with Crippen LogP contribution in [0.3, 0.4) is 0 Å². The number of carbonyl (C=O) groups is 8. The molecule has 10 rings (SSSR count). The molecular formula is C60H63N13O12S6. The van der Waals surface area contributed by atoms with Gasteiger partial charge in [-0.3, -0.25) is 43.3 Å². The van der Waals surface area contributed by atoms with E-state index in [1.165, 1.54) is 48.2 Å². The maximum atomic E-state index is 14.4. The molecule has 8 heterocycles. The summed E-state index contributed by atoms with van der Waals surface area (Å²) in [6, 6.07) is 9.35. The van der Waals surface area contributed by atoms with E-state index in [4.69, 9.17) is 39.6 Å². The molecule has 1 saturated carbocycles. The molecule has 0 spiro atoms. The maximum absolute atomic E-state index is 14.4. The molecule has 6 amide bonds. The van der Waals surface area contributed by atoms with Gasteiger partial charge in [-0.05, 0) is 69.1 Å². The van der Waals surface area contributed by atoms with Gasteiger partial charge in [0.1, 0.15) is 82.2 Å². The molecule has 25 nitrogen and oxygen atoms in total. The van der Waals surface area contributed by atoms with Crippen LogP contribution in [0.4, 0.5) is 5.82 Å². The Morgan fingerprint density at radius 3 is 2.10 bits per heavy atom. The fraction of sp³-hybridized carbons (Fsp3) is 0.383. The smallest absolute Gasteiger partial charge is 0.306 e. The van der Waals surface area contributed by atoms with E-state index in [1.807, 2.05) is 13.8 Å². The Bertz CT molecular complexity index is 4000. The van der Waals surface area contributed by atoms with Crippen LogP contribution in [0, 0.1) is 24.7 Å². The number of aromatic nitrogens is 7. The number of pyridine rings is 1. The van der Waals surface area contributed by atoms with Crippen molar-refractivity contribution in [3.63, 3.8) is 0 Å². The van der Waals surface area contributed by atoms with Gasteiger partial charge in [0, 0.05) is 65.0 Å². The van der Waals surface area contributed by atoms with E-state index in [9.17, 15) is 53.7 Å². The van der Waals surface area contributed by atoms with Crippen LogP contribution >= 0.6 is 68.0 Å². The molecule has 1 aliphatic carbocycles. The van der Waals surface area contributed by atoms with Crippen molar-refractivity contribution >= 4 is 121 Å². The molecule has 2 aliphatic rings. The van der Waals surface area contributed by atoms with E-state index in [-0.39, 0.29) is 59.9 Å². The zero-order chi connectivity index (χ0) is 64.6. The summed E-state index contributed by atoms with van der Waals surface area (Å²) < 4.78 is 5.46. The van der Waals surface area contributed by atoms with Gasteiger partial charge in [0.05, 0.1) is 48.1 Å². The largest absolute Gasteiger partial charge is 0.481 e. The molecule has 0 unspecified atom stereocenters. The minimum Gasteiger partial charge on any atom is -0.481 e. The number of aliphatic carboxylic acids is 2. The highest BCUT2D eigenvalue weighted by Gasteiger charge is 2.36. The number of methoxy groups -OCH3 is 1.